The lowest BCUT2D eigenvalue weighted by Crippen LogP contribution is -2.09. The van der Waals surface area contributed by atoms with Gasteiger partial charge in [0.2, 0.25) is 5.82 Å². The molecule has 0 bridgehead atoms. The van der Waals surface area contributed by atoms with Gasteiger partial charge in [-0.1, -0.05) is 15.9 Å². The molecule has 0 radical (unpaired) electrons. The van der Waals surface area contributed by atoms with Gasteiger partial charge in [0.05, 0.1) is 4.92 Å². The molecule has 8 heteroatoms. The zero-order valence-electron chi connectivity index (χ0n) is 11.4. The first-order chi connectivity index (χ1) is 9.88. The van der Waals surface area contributed by atoms with Crippen molar-refractivity contribution in [1.82, 2.24) is 9.97 Å². The first-order valence-corrected chi connectivity index (χ1v) is 6.85. The van der Waals surface area contributed by atoms with Crippen LogP contribution in [-0.4, -0.2) is 14.9 Å². The van der Waals surface area contributed by atoms with Gasteiger partial charge in [0.25, 0.3) is 0 Å². The third-order valence-electron chi connectivity index (χ3n) is 2.81. The van der Waals surface area contributed by atoms with Crippen LogP contribution >= 0.6 is 15.9 Å². The van der Waals surface area contributed by atoms with Gasteiger partial charge >= 0.3 is 5.69 Å². The van der Waals surface area contributed by atoms with Crippen molar-refractivity contribution >= 4 is 27.4 Å². The summed E-state index contributed by atoms with van der Waals surface area (Å²) in [7, 11) is 0. The second-order valence-corrected chi connectivity index (χ2v) is 5.32. The molecule has 1 aromatic carbocycles. The Hall–Kier alpha value is -2.09. The monoisotopic (exact) mass is 354 g/mol. The fraction of sp³-hybridized carbons (Fsp3) is 0.231. The molecule has 6 nitrogen and oxygen atoms in total. The van der Waals surface area contributed by atoms with Crippen LogP contribution in [0.1, 0.15) is 17.1 Å². The van der Waals surface area contributed by atoms with Crippen LogP contribution in [0.3, 0.4) is 0 Å². The number of nitrogens with one attached hydrogen (secondary N) is 1. The van der Waals surface area contributed by atoms with E-state index in [1.54, 1.807) is 19.1 Å². The Morgan fingerprint density at radius 2 is 2.10 bits per heavy atom. The lowest BCUT2D eigenvalue weighted by Gasteiger charge is -2.09. The second-order valence-electron chi connectivity index (χ2n) is 4.40. The third-order valence-corrected chi connectivity index (χ3v) is 3.30. The van der Waals surface area contributed by atoms with E-state index >= 15 is 0 Å². The van der Waals surface area contributed by atoms with Gasteiger partial charge in [-0.15, -0.1) is 0 Å². The van der Waals surface area contributed by atoms with Gasteiger partial charge in [-0.25, -0.2) is 14.4 Å². The van der Waals surface area contributed by atoms with Crippen LogP contribution < -0.4 is 5.32 Å². The Morgan fingerprint density at radius 3 is 2.76 bits per heavy atom. The van der Waals surface area contributed by atoms with Crippen molar-refractivity contribution in [3.05, 3.63) is 55.7 Å². The molecule has 0 aliphatic carbocycles. The summed E-state index contributed by atoms with van der Waals surface area (Å²) in [6.07, 6.45) is 0. The molecule has 0 amide bonds. The van der Waals surface area contributed by atoms with Crippen molar-refractivity contribution in [2.75, 3.05) is 5.32 Å². The number of nitro groups is 1. The van der Waals surface area contributed by atoms with E-state index in [1.165, 1.54) is 13.0 Å². The number of hydrogen-bond acceptors (Lipinski definition) is 5. The lowest BCUT2D eigenvalue weighted by molar-refractivity contribution is -0.385. The third kappa shape index (κ3) is 3.52. The Balaban J connectivity index is 2.31. The van der Waals surface area contributed by atoms with Crippen molar-refractivity contribution in [1.29, 1.82) is 0 Å². The molecule has 0 unspecified atom stereocenters. The van der Waals surface area contributed by atoms with Gasteiger partial charge in [0, 0.05) is 16.6 Å². The first-order valence-electron chi connectivity index (χ1n) is 6.06. The van der Waals surface area contributed by atoms with Crippen LogP contribution in [0.5, 0.6) is 0 Å². The summed E-state index contributed by atoms with van der Waals surface area (Å²) >= 11 is 3.26. The number of nitrogens with zero attached hydrogens (tertiary/aromatic N) is 3. The average molecular weight is 355 g/mol. The van der Waals surface area contributed by atoms with Crippen LogP contribution in [0.25, 0.3) is 0 Å². The highest BCUT2D eigenvalue weighted by molar-refractivity contribution is 9.10. The highest BCUT2D eigenvalue weighted by Gasteiger charge is 2.21. The van der Waals surface area contributed by atoms with Crippen molar-refractivity contribution in [2.45, 2.75) is 20.4 Å². The van der Waals surface area contributed by atoms with Crippen molar-refractivity contribution in [3.8, 4) is 0 Å². The Labute approximate surface area is 128 Å². The van der Waals surface area contributed by atoms with E-state index in [9.17, 15) is 14.5 Å². The molecule has 0 atom stereocenters. The van der Waals surface area contributed by atoms with Crippen molar-refractivity contribution < 1.29 is 9.31 Å². The number of rotatable bonds is 4. The van der Waals surface area contributed by atoms with Gasteiger partial charge < -0.3 is 5.32 Å². The molecule has 0 aliphatic heterocycles. The zero-order chi connectivity index (χ0) is 15.6. The van der Waals surface area contributed by atoms with Crippen LogP contribution in [0.15, 0.2) is 22.7 Å². The zero-order valence-corrected chi connectivity index (χ0v) is 12.9. The van der Waals surface area contributed by atoms with E-state index in [0.717, 1.165) is 4.47 Å². The fourth-order valence-electron chi connectivity index (χ4n) is 1.91. The summed E-state index contributed by atoms with van der Waals surface area (Å²) in [5.74, 6) is 0.107. The van der Waals surface area contributed by atoms with Gasteiger partial charge in [-0.05, 0) is 32.0 Å². The van der Waals surface area contributed by atoms with E-state index < -0.39 is 10.7 Å². The van der Waals surface area contributed by atoms with Crippen LogP contribution in [0.2, 0.25) is 0 Å². The normalized spacial score (nSPS) is 10.5. The summed E-state index contributed by atoms with van der Waals surface area (Å²) in [5, 5.41) is 13.9. The van der Waals surface area contributed by atoms with Gasteiger partial charge in [0.1, 0.15) is 17.3 Å². The molecule has 1 N–H and O–H groups in total. The van der Waals surface area contributed by atoms with E-state index in [4.69, 9.17) is 0 Å². The SMILES string of the molecule is Cc1nc(C)c([N+](=O)[O-])c(NCc2cc(Br)ccc2F)n1. The van der Waals surface area contributed by atoms with Gasteiger partial charge in [0.15, 0.2) is 0 Å². The molecule has 21 heavy (non-hydrogen) atoms. The smallest absolute Gasteiger partial charge is 0.332 e. The number of hydrogen-bond donors (Lipinski definition) is 1. The molecular weight excluding hydrogens is 343 g/mol. The highest BCUT2D eigenvalue weighted by Crippen LogP contribution is 2.26. The average Bonchev–Trinajstić information content (AvgIpc) is 2.38. The summed E-state index contributed by atoms with van der Waals surface area (Å²) in [4.78, 5) is 18.5. The number of aromatic nitrogens is 2. The predicted octanol–water partition coefficient (Wildman–Crippen LogP) is 3.52. The molecule has 0 spiro atoms. The van der Waals surface area contributed by atoms with E-state index in [-0.39, 0.29) is 23.7 Å². The molecular formula is C13H12BrFN4O2. The molecule has 1 aromatic heterocycles. The van der Waals surface area contributed by atoms with Gasteiger partial charge in [-0.3, -0.25) is 10.1 Å². The van der Waals surface area contributed by atoms with Crippen LogP contribution in [0, 0.1) is 29.8 Å². The van der Waals surface area contributed by atoms with Crippen molar-refractivity contribution in [2.24, 2.45) is 0 Å². The Kier molecular flexibility index (Phi) is 4.46. The van der Waals surface area contributed by atoms with Crippen LogP contribution in [0.4, 0.5) is 15.9 Å². The molecule has 0 saturated heterocycles. The molecule has 0 aliphatic rings. The van der Waals surface area contributed by atoms with E-state index in [2.05, 4.69) is 31.2 Å². The maximum absolute atomic E-state index is 13.7. The minimum absolute atomic E-state index is 0.0853. The molecule has 2 rings (SSSR count). The van der Waals surface area contributed by atoms with E-state index in [1.807, 2.05) is 0 Å². The maximum Gasteiger partial charge on any atom is 0.332 e. The summed E-state index contributed by atoms with van der Waals surface area (Å²) in [6.45, 7) is 3.27. The molecule has 1 heterocycles. The number of benzene rings is 1. The topological polar surface area (TPSA) is 81.0 Å². The predicted molar refractivity (Wildman–Crippen MR) is 79.6 cm³/mol. The summed E-state index contributed by atoms with van der Waals surface area (Å²) in [6, 6.07) is 4.52. The first kappa shape index (κ1) is 15.3. The molecule has 2 aromatic rings. The minimum Gasteiger partial charge on any atom is -0.360 e. The number of halogens is 2. The minimum atomic E-state index is -0.547. The standard InChI is InChI=1S/C13H12BrFN4O2/c1-7-12(19(20)21)13(18-8(2)17-7)16-6-9-5-10(14)3-4-11(9)15/h3-5H,6H2,1-2H3,(H,16,17,18). The van der Waals surface area contributed by atoms with Gasteiger partial charge in [-0.2, -0.15) is 0 Å². The molecule has 0 saturated carbocycles. The second kappa shape index (κ2) is 6.13. The molecule has 110 valence electrons. The highest BCUT2D eigenvalue weighted by atomic mass is 79.9. The number of aryl methyl sites for hydroxylation is 2. The quantitative estimate of drug-likeness (QED) is 0.671. The van der Waals surface area contributed by atoms with E-state index in [0.29, 0.717) is 11.4 Å². The number of anilines is 1. The van der Waals surface area contributed by atoms with Crippen molar-refractivity contribution in [3.63, 3.8) is 0 Å². The van der Waals surface area contributed by atoms with Crippen LogP contribution in [-0.2, 0) is 6.54 Å². The molecule has 0 fully saturated rings. The summed E-state index contributed by atoms with van der Waals surface area (Å²) < 4.78 is 14.4. The Morgan fingerprint density at radius 1 is 1.38 bits per heavy atom. The Bertz CT molecular complexity index is 709. The maximum atomic E-state index is 13.7. The fourth-order valence-corrected chi connectivity index (χ4v) is 2.31. The lowest BCUT2D eigenvalue weighted by atomic mass is 10.2. The largest absolute Gasteiger partial charge is 0.360 e. The summed E-state index contributed by atoms with van der Waals surface area (Å²) in [5.41, 5.74) is 0.452.